The first-order valence-electron chi connectivity index (χ1n) is 4.71. The fraction of sp³-hybridized carbons (Fsp3) is 0.400. The minimum absolute atomic E-state index is 0.0789. The molecule has 0 radical (unpaired) electrons. The second kappa shape index (κ2) is 4.36. The Morgan fingerprint density at radius 1 is 1.33 bits per heavy atom. The first-order valence-corrected chi connectivity index (χ1v) is 8.07. The number of hydrogen-bond donors (Lipinski definition) is 0. The number of rotatable bonds is 4. The first-order chi connectivity index (χ1) is 7.04. The Bertz CT molecular complexity index is 452. The van der Waals surface area contributed by atoms with E-state index in [1.165, 1.54) is 12.8 Å². The van der Waals surface area contributed by atoms with Gasteiger partial charge in [-0.1, -0.05) is 18.2 Å². The highest BCUT2D eigenvalue weighted by Crippen LogP contribution is 2.40. The van der Waals surface area contributed by atoms with E-state index in [2.05, 4.69) is 0 Å². The standard InChI is InChI=1S/C10H11ClO2S2/c11-15(12,13)7-8-3-1-2-4-10(8)14-9-5-6-9/h1-4,9H,5-7H2. The fourth-order valence-electron chi connectivity index (χ4n) is 1.29. The van der Waals surface area contributed by atoms with Crippen molar-refractivity contribution in [1.29, 1.82) is 0 Å². The molecule has 2 rings (SSSR count). The summed E-state index contributed by atoms with van der Waals surface area (Å²) in [6, 6.07) is 7.55. The van der Waals surface area contributed by atoms with E-state index in [0.29, 0.717) is 5.25 Å². The highest BCUT2D eigenvalue weighted by molar-refractivity contribution is 8.13. The lowest BCUT2D eigenvalue weighted by Crippen LogP contribution is -1.97. The van der Waals surface area contributed by atoms with Crippen molar-refractivity contribution in [3.8, 4) is 0 Å². The van der Waals surface area contributed by atoms with Crippen LogP contribution >= 0.6 is 22.4 Å². The van der Waals surface area contributed by atoms with Crippen LogP contribution in [0.3, 0.4) is 0 Å². The summed E-state index contributed by atoms with van der Waals surface area (Å²) in [5, 5.41) is 0.671. The summed E-state index contributed by atoms with van der Waals surface area (Å²) < 4.78 is 22.0. The van der Waals surface area contributed by atoms with E-state index in [0.717, 1.165) is 10.5 Å². The maximum Gasteiger partial charge on any atom is 0.236 e. The number of benzene rings is 1. The average molecular weight is 263 g/mol. The Morgan fingerprint density at radius 2 is 2.00 bits per heavy atom. The van der Waals surface area contributed by atoms with Crippen LogP contribution in [0, 0.1) is 0 Å². The molecule has 0 bridgehead atoms. The molecule has 82 valence electrons. The van der Waals surface area contributed by atoms with Crippen molar-refractivity contribution in [2.75, 3.05) is 0 Å². The largest absolute Gasteiger partial charge is 0.236 e. The lowest BCUT2D eigenvalue weighted by atomic mass is 10.2. The summed E-state index contributed by atoms with van der Waals surface area (Å²) in [5.74, 6) is -0.0789. The van der Waals surface area contributed by atoms with E-state index in [4.69, 9.17) is 10.7 Å². The molecule has 0 saturated heterocycles. The maximum absolute atomic E-state index is 11.0. The molecule has 1 saturated carbocycles. The first kappa shape index (κ1) is 11.3. The van der Waals surface area contributed by atoms with E-state index in [1.807, 2.05) is 24.3 Å². The van der Waals surface area contributed by atoms with Gasteiger partial charge in [-0.05, 0) is 24.5 Å². The molecule has 5 heteroatoms. The van der Waals surface area contributed by atoms with Crippen molar-refractivity contribution in [3.63, 3.8) is 0 Å². The van der Waals surface area contributed by atoms with Crippen LogP contribution in [0.25, 0.3) is 0 Å². The Balaban J connectivity index is 2.20. The number of thioether (sulfide) groups is 1. The third kappa shape index (κ3) is 3.70. The predicted octanol–water partition coefficient (Wildman–Crippen LogP) is 3.01. The van der Waals surface area contributed by atoms with Gasteiger partial charge in [0, 0.05) is 20.8 Å². The lowest BCUT2D eigenvalue weighted by Gasteiger charge is -2.06. The van der Waals surface area contributed by atoms with Gasteiger partial charge in [-0.15, -0.1) is 11.8 Å². The number of hydrogen-bond acceptors (Lipinski definition) is 3. The van der Waals surface area contributed by atoms with Gasteiger partial charge in [-0.2, -0.15) is 0 Å². The van der Waals surface area contributed by atoms with Crippen molar-refractivity contribution in [2.45, 2.75) is 28.7 Å². The van der Waals surface area contributed by atoms with E-state index < -0.39 is 9.05 Å². The fourth-order valence-corrected chi connectivity index (χ4v) is 3.54. The number of halogens is 1. The molecule has 1 aromatic carbocycles. The van der Waals surface area contributed by atoms with Gasteiger partial charge in [-0.3, -0.25) is 0 Å². The van der Waals surface area contributed by atoms with Crippen molar-refractivity contribution in [2.24, 2.45) is 0 Å². The molecule has 0 aromatic heterocycles. The molecule has 1 aliphatic rings. The summed E-state index contributed by atoms with van der Waals surface area (Å²) in [4.78, 5) is 1.05. The Kier molecular flexibility index (Phi) is 3.28. The summed E-state index contributed by atoms with van der Waals surface area (Å²) >= 11 is 1.75. The molecule has 0 aliphatic heterocycles. The zero-order chi connectivity index (χ0) is 10.9. The average Bonchev–Trinajstić information content (AvgIpc) is 2.89. The Morgan fingerprint density at radius 3 is 2.60 bits per heavy atom. The monoisotopic (exact) mass is 262 g/mol. The summed E-state index contributed by atoms with van der Waals surface area (Å²) in [5.41, 5.74) is 0.810. The van der Waals surface area contributed by atoms with Gasteiger partial charge in [0.05, 0.1) is 5.75 Å². The normalized spacial score (nSPS) is 16.6. The van der Waals surface area contributed by atoms with Crippen LogP contribution in [0.5, 0.6) is 0 Å². The zero-order valence-electron chi connectivity index (χ0n) is 8.02. The molecule has 0 N–H and O–H groups in total. The quantitative estimate of drug-likeness (QED) is 0.783. The van der Waals surface area contributed by atoms with Crippen LogP contribution in [-0.2, 0) is 14.8 Å². The van der Waals surface area contributed by atoms with Crippen LogP contribution in [-0.4, -0.2) is 13.7 Å². The SMILES string of the molecule is O=S(=O)(Cl)Cc1ccccc1SC1CC1. The minimum atomic E-state index is -3.46. The van der Waals surface area contributed by atoms with E-state index >= 15 is 0 Å². The van der Waals surface area contributed by atoms with Crippen molar-refractivity contribution in [1.82, 2.24) is 0 Å². The van der Waals surface area contributed by atoms with Gasteiger partial charge in [0.15, 0.2) is 0 Å². The Labute approximate surface area is 98.4 Å². The third-order valence-electron chi connectivity index (χ3n) is 2.12. The van der Waals surface area contributed by atoms with Crippen LogP contribution in [0.15, 0.2) is 29.2 Å². The van der Waals surface area contributed by atoms with Crippen molar-refractivity contribution >= 4 is 31.5 Å². The van der Waals surface area contributed by atoms with E-state index in [-0.39, 0.29) is 5.75 Å². The summed E-state index contributed by atoms with van der Waals surface area (Å²) in [7, 11) is 1.80. The van der Waals surface area contributed by atoms with Gasteiger partial charge >= 0.3 is 0 Å². The molecule has 0 unspecified atom stereocenters. The molecule has 1 fully saturated rings. The molecule has 2 nitrogen and oxygen atoms in total. The maximum atomic E-state index is 11.0. The molecule has 0 spiro atoms. The molecule has 0 heterocycles. The highest BCUT2D eigenvalue weighted by atomic mass is 35.7. The highest BCUT2D eigenvalue weighted by Gasteiger charge is 2.24. The van der Waals surface area contributed by atoms with Gasteiger partial charge in [0.2, 0.25) is 9.05 Å². The van der Waals surface area contributed by atoms with Gasteiger partial charge in [0.1, 0.15) is 0 Å². The predicted molar refractivity (Wildman–Crippen MR) is 63.8 cm³/mol. The van der Waals surface area contributed by atoms with E-state index in [1.54, 1.807) is 11.8 Å². The molecular weight excluding hydrogens is 252 g/mol. The van der Waals surface area contributed by atoms with Crippen molar-refractivity contribution < 1.29 is 8.42 Å². The second-order valence-electron chi connectivity index (χ2n) is 3.61. The molecule has 0 atom stereocenters. The molecule has 1 aliphatic carbocycles. The molecular formula is C10H11ClO2S2. The van der Waals surface area contributed by atoms with Crippen LogP contribution < -0.4 is 0 Å². The third-order valence-corrected chi connectivity index (χ3v) is 4.56. The Hall–Kier alpha value is -0.190. The molecule has 1 aromatic rings. The van der Waals surface area contributed by atoms with Crippen LogP contribution in [0.1, 0.15) is 18.4 Å². The summed E-state index contributed by atoms with van der Waals surface area (Å²) in [6.45, 7) is 0. The summed E-state index contributed by atoms with van der Waals surface area (Å²) in [6.07, 6.45) is 2.46. The van der Waals surface area contributed by atoms with Gasteiger partial charge < -0.3 is 0 Å². The second-order valence-corrected chi connectivity index (χ2v) is 7.73. The van der Waals surface area contributed by atoms with Gasteiger partial charge in [-0.25, -0.2) is 8.42 Å². The minimum Gasteiger partial charge on any atom is -0.212 e. The smallest absolute Gasteiger partial charge is 0.212 e. The topological polar surface area (TPSA) is 34.1 Å². The van der Waals surface area contributed by atoms with Crippen molar-refractivity contribution in [3.05, 3.63) is 29.8 Å². The van der Waals surface area contributed by atoms with Gasteiger partial charge in [0.25, 0.3) is 0 Å². The van der Waals surface area contributed by atoms with Crippen LogP contribution in [0.2, 0.25) is 0 Å². The zero-order valence-corrected chi connectivity index (χ0v) is 10.4. The van der Waals surface area contributed by atoms with Crippen LogP contribution in [0.4, 0.5) is 0 Å². The lowest BCUT2D eigenvalue weighted by molar-refractivity contribution is 0.608. The molecule has 0 amide bonds. The van der Waals surface area contributed by atoms with E-state index in [9.17, 15) is 8.42 Å². The molecule has 15 heavy (non-hydrogen) atoms.